The van der Waals surface area contributed by atoms with Gasteiger partial charge < -0.3 is 8.90 Å². The molecule has 0 unspecified atom stereocenters. The molecule has 0 atom stereocenters. The first-order valence-electron chi connectivity index (χ1n) is 7.09. The van der Waals surface area contributed by atoms with Crippen LogP contribution in [-0.2, 0) is 6.42 Å². The molecule has 3 aliphatic rings. The Morgan fingerprint density at radius 3 is 2.35 bits per heavy atom. The summed E-state index contributed by atoms with van der Waals surface area (Å²) in [6.07, 6.45) is 8.83. The minimum absolute atomic E-state index is 0.996. The number of hydrogen-bond donors (Lipinski definition) is 0. The Morgan fingerprint density at radius 1 is 1.18 bits per heavy atom. The molecule has 0 amide bonds. The molecule has 2 aliphatic heterocycles. The maximum Gasteiger partial charge on any atom is 0.109 e. The van der Waals surface area contributed by atoms with E-state index < -0.39 is 0 Å². The minimum atomic E-state index is 0.996. The van der Waals surface area contributed by atoms with Gasteiger partial charge in [0.05, 0.1) is 39.4 Å². The lowest BCUT2D eigenvalue weighted by Gasteiger charge is -2.35. The van der Waals surface area contributed by atoms with Gasteiger partial charge in [0.25, 0.3) is 0 Å². The van der Waals surface area contributed by atoms with Crippen molar-refractivity contribution in [3.05, 3.63) is 24.2 Å². The van der Waals surface area contributed by atoms with Crippen molar-refractivity contribution in [3.8, 4) is 0 Å². The zero-order valence-electron chi connectivity index (χ0n) is 10.9. The molecular weight excluding hydrogens is 210 g/mol. The predicted octanol–water partition coefficient (Wildman–Crippen LogP) is 3.09. The van der Waals surface area contributed by atoms with Crippen molar-refractivity contribution in [1.29, 1.82) is 0 Å². The lowest BCUT2D eigenvalue weighted by Crippen LogP contribution is -2.48. The summed E-state index contributed by atoms with van der Waals surface area (Å²) in [4.78, 5) is 0. The SMILES string of the molecule is C[N+]1(CCc2ccco2)CC2CCC(CC2)C1. The maximum atomic E-state index is 5.46. The number of quaternary nitrogens is 1. The van der Waals surface area contributed by atoms with E-state index in [4.69, 9.17) is 4.42 Å². The number of fused-ring (bicyclic) bond motifs is 4. The molecule has 0 aromatic carbocycles. The van der Waals surface area contributed by atoms with Crippen molar-refractivity contribution < 1.29 is 8.90 Å². The zero-order chi connectivity index (χ0) is 11.7. The largest absolute Gasteiger partial charge is 0.469 e. The molecule has 3 heterocycles. The molecule has 1 aliphatic carbocycles. The number of furan rings is 1. The van der Waals surface area contributed by atoms with Crippen LogP contribution >= 0.6 is 0 Å². The van der Waals surface area contributed by atoms with Crippen molar-refractivity contribution >= 4 is 0 Å². The van der Waals surface area contributed by atoms with Crippen LogP contribution in [0, 0.1) is 11.8 Å². The second kappa shape index (κ2) is 4.49. The van der Waals surface area contributed by atoms with Gasteiger partial charge in [0.2, 0.25) is 0 Å². The molecule has 1 aromatic rings. The average molecular weight is 234 g/mol. The molecule has 2 bridgehead atoms. The van der Waals surface area contributed by atoms with Crippen molar-refractivity contribution in [2.45, 2.75) is 32.1 Å². The summed E-state index contributed by atoms with van der Waals surface area (Å²) in [5.74, 6) is 3.15. The van der Waals surface area contributed by atoms with Crippen LogP contribution in [0.4, 0.5) is 0 Å². The fourth-order valence-electron chi connectivity index (χ4n) is 3.94. The molecular formula is C15H24NO+. The van der Waals surface area contributed by atoms with E-state index >= 15 is 0 Å². The Labute approximate surface area is 104 Å². The van der Waals surface area contributed by atoms with E-state index in [1.165, 1.54) is 49.8 Å². The summed E-state index contributed by atoms with van der Waals surface area (Å²) >= 11 is 0. The lowest BCUT2D eigenvalue weighted by atomic mass is 9.84. The predicted molar refractivity (Wildman–Crippen MR) is 68.6 cm³/mol. The summed E-state index contributed by atoms with van der Waals surface area (Å²) in [5.41, 5.74) is 0. The molecule has 1 saturated carbocycles. The first-order valence-corrected chi connectivity index (χ1v) is 7.09. The second-order valence-electron chi connectivity index (χ2n) is 6.42. The van der Waals surface area contributed by atoms with Crippen LogP contribution in [0.2, 0.25) is 0 Å². The number of likely N-dealkylation sites (N-methyl/N-ethyl adjacent to an activating group) is 1. The molecule has 4 rings (SSSR count). The van der Waals surface area contributed by atoms with E-state index in [-0.39, 0.29) is 0 Å². The normalized spacial score (nSPS) is 37.0. The summed E-state index contributed by atoms with van der Waals surface area (Å²) < 4.78 is 6.73. The van der Waals surface area contributed by atoms with Crippen molar-refractivity contribution in [2.75, 3.05) is 26.7 Å². The molecule has 3 fully saturated rings. The Hall–Kier alpha value is -0.760. The fraction of sp³-hybridized carbons (Fsp3) is 0.733. The quantitative estimate of drug-likeness (QED) is 0.733. The van der Waals surface area contributed by atoms with E-state index in [2.05, 4.69) is 13.1 Å². The Balaban J connectivity index is 1.64. The molecule has 94 valence electrons. The molecule has 2 heteroatoms. The second-order valence-corrected chi connectivity index (χ2v) is 6.42. The Kier molecular flexibility index (Phi) is 2.99. The maximum absolute atomic E-state index is 5.46. The Morgan fingerprint density at radius 2 is 1.82 bits per heavy atom. The van der Waals surface area contributed by atoms with E-state index in [0.717, 1.165) is 24.0 Å². The highest BCUT2D eigenvalue weighted by Crippen LogP contribution is 2.36. The molecule has 17 heavy (non-hydrogen) atoms. The van der Waals surface area contributed by atoms with Crippen LogP contribution in [0.1, 0.15) is 31.4 Å². The van der Waals surface area contributed by atoms with Gasteiger partial charge in [0, 0.05) is 11.8 Å². The number of nitrogens with zero attached hydrogens (tertiary/aromatic N) is 1. The highest BCUT2D eigenvalue weighted by atomic mass is 16.3. The van der Waals surface area contributed by atoms with E-state index in [0.29, 0.717) is 0 Å². The van der Waals surface area contributed by atoms with Gasteiger partial charge >= 0.3 is 0 Å². The van der Waals surface area contributed by atoms with Gasteiger partial charge in [-0.25, -0.2) is 0 Å². The summed E-state index contributed by atoms with van der Waals surface area (Å²) in [6, 6.07) is 4.11. The molecule has 0 N–H and O–H groups in total. The van der Waals surface area contributed by atoms with Gasteiger partial charge in [-0.05, 0) is 37.8 Å². The van der Waals surface area contributed by atoms with Crippen molar-refractivity contribution in [3.63, 3.8) is 0 Å². The summed E-state index contributed by atoms with van der Waals surface area (Å²) in [7, 11) is 2.46. The summed E-state index contributed by atoms with van der Waals surface area (Å²) in [5, 5.41) is 0. The molecule has 2 nitrogen and oxygen atoms in total. The van der Waals surface area contributed by atoms with Crippen LogP contribution in [0.15, 0.2) is 22.8 Å². The molecule has 1 aromatic heterocycles. The third kappa shape index (κ3) is 2.57. The first-order chi connectivity index (χ1) is 8.23. The lowest BCUT2D eigenvalue weighted by molar-refractivity contribution is -0.912. The van der Waals surface area contributed by atoms with Gasteiger partial charge in [0.1, 0.15) is 5.76 Å². The Bertz CT molecular complexity index is 335. The fourth-order valence-corrected chi connectivity index (χ4v) is 3.94. The van der Waals surface area contributed by atoms with Gasteiger partial charge in [0.15, 0.2) is 0 Å². The standard InChI is InChI=1S/C15H24NO/c1-16(9-8-15-3-2-10-17-15)11-13-4-5-14(12-16)7-6-13/h2-3,10,13-14H,4-9,11-12H2,1H3/q+1. The zero-order valence-corrected chi connectivity index (χ0v) is 10.9. The minimum Gasteiger partial charge on any atom is -0.469 e. The van der Waals surface area contributed by atoms with Crippen molar-refractivity contribution in [1.82, 2.24) is 0 Å². The topological polar surface area (TPSA) is 13.1 Å². The highest BCUT2D eigenvalue weighted by molar-refractivity contribution is 4.98. The van der Waals surface area contributed by atoms with E-state index in [9.17, 15) is 0 Å². The average Bonchev–Trinajstić information content (AvgIpc) is 2.72. The third-order valence-corrected chi connectivity index (χ3v) is 4.84. The van der Waals surface area contributed by atoms with Gasteiger partial charge in [-0.1, -0.05) is 0 Å². The molecule has 2 saturated heterocycles. The van der Waals surface area contributed by atoms with Crippen LogP contribution in [-0.4, -0.2) is 31.2 Å². The van der Waals surface area contributed by atoms with E-state index in [1.807, 2.05) is 6.07 Å². The van der Waals surface area contributed by atoms with Crippen LogP contribution in [0.5, 0.6) is 0 Å². The molecule has 0 spiro atoms. The molecule has 0 radical (unpaired) electrons. The van der Waals surface area contributed by atoms with Crippen LogP contribution in [0.3, 0.4) is 0 Å². The smallest absolute Gasteiger partial charge is 0.109 e. The first kappa shape index (κ1) is 11.3. The van der Waals surface area contributed by atoms with E-state index in [1.54, 1.807) is 6.26 Å². The van der Waals surface area contributed by atoms with Crippen molar-refractivity contribution in [2.24, 2.45) is 11.8 Å². The number of rotatable bonds is 3. The van der Waals surface area contributed by atoms with Gasteiger partial charge in [-0.3, -0.25) is 0 Å². The third-order valence-electron chi connectivity index (χ3n) is 4.84. The number of hydrogen-bond acceptors (Lipinski definition) is 1. The van der Waals surface area contributed by atoms with Crippen LogP contribution < -0.4 is 0 Å². The highest BCUT2D eigenvalue weighted by Gasteiger charge is 2.37. The van der Waals surface area contributed by atoms with Crippen LogP contribution in [0.25, 0.3) is 0 Å². The monoisotopic (exact) mass is 234 g/mol. The summed E-state index contributed by atoms with van der Waals surface area (Å²) in [6.45, 7) is 4.05. The van der Waals surface area contributed by atoms with Gasteiger partial charge in [-0.2, -0.15) is 0 Å². The van der Waals surface area contributed by atoms with Gasteiger partial charge in [-0.15, -0.1) is 0 Å².